The fourth-order valence-corrected chi connectivity index (χ4v) is 4.20. The number of hydrogen-bond acceptors (Lipinski definition) is 3. The molecule has 0 saturated heterocycles. The number of H-pyrrole nitrogens is 2. The molecule has 3 N–H and O–H groups in total. The van der Waals surface area contributed by atoms with E-state index in [9.17, 15) is 9.59 Å². The Hall–Kier alpha value is -2.18. The lowest BCUT2D eigenvalue weighted by atomic mass is 9.87. The van der Waals surface area contributed by atoms with E-state index in [1.165, 1.54) is 11.1 Å². The maximum atomic E-state index is 11.8. The van der Waals surface area contributed by atoms with Crippen LogP contribution in [0.4, 0.5) is 0 Å². The van der Waals surface area contributed by atoms with Crippen LogP contribution in [0.1, 0.15) is 23.1 Å². The molecule has 1 aliphatic carbocycles. The summed E-state index contributed by atoms with van der Waals surface area (Å²) in [5, 5.41) is 3.61. The summed E-state index contributed by atoms with van der Waals surface area (Å²) in [5.41, 5.74) is 3.77. The smallest absolute Gasteiger partial charge is 0.314 e. The number of halogens is 1. The molecule has 1 unspecified atom stereocenters. The normalized spacial score (nSPS) is 16.8. The molecule has 1 heterocycles. The number of nitrogens with one attached hydrogen (secondary N) is 3. The zero-order chi connectivity index (χ0) is 17.4. The first-order chi connectivity index (χ1) is 12.1. The quantitative estimate of drug-likeness (QED) is 0.592. The molecule has 3 aromatic rings. The molecule has 1 atom stereocenters. The Bertz CT molecular complexity index is 1040. The topological polar surface area (TPSA) is 77.8 Å². The van der Waals surface area contributed by atoms with Gasteiger partial charge in [-0.1, -0.05) is 46.3 Å². The zero-order valence-electron chi connectivity index (χ0n) is 13.6. The Labute approximate surface area is 152 Å². The average Bonchev–Trinajstić information content (AvgIpc) is 2.63. The fraction of sp³-hybridized carbons (Fsp3) is 0.263. The Kier molecular flexibility index (Phi) is 4.31. The molecule has 0 fully saturated rings. The third-order valence-corrected chi connectivity index (χ3v) is 5.53. The first kappa shape index (κ1) is 16.3. The summed E-state index contributed by atoms with van der Waals surface area (Å²) < 4.78 is 0.985. The second-order valence-electron chi connectivity index (χ2n) is 6.45. The van der Waals surface area contributed by atoms with Crippen molar-refractivity contribution in [3.63, 3.8) is 0 Å². The summed E-state index contributed by atoms with van der Waals surface area (Å²) in [5.74, 6) is 0. The molecule has 0 bridgehead atoms. The van der Waals surface area contributed by atoms with Crippen LogP contribution in [0, 0.1) is 0 Å². The minimum absolute atomic E-state index is 0.334. The predicted octanol–water partition coefficient (Wildman–Crippen LogP) is 2.63. The van der Waals surface area contributed by atoms with E-state index in [1.807, 2.05) is 24.3 Å². The number of fused-ring (bicyclic) bond motifs is 3. The first-order valence-electron chi connectivity index (χ1n) is 8.35. The van der Waals surface area contributed by atoms with Gasteiger partial charge < -0.3 is 15.3 Å². The van der Waals surface area contributed by atoms with Crippen molar-refractivity contribution < 1.29 is 0 Å². The first-order valence-corrected chi connectivity index (χ1v) is 9.15. The molecule has 5 nitrogen and oxygen atoms in total. The van der Waals surface area contributed by atoms with Gasteiger partial charge in [-0.05, 0) is 42.0 Å². The van der Waals surface area contributed by atoms with E-state index in [2.05, 4.69) is 43.3 Å². The van der Waals surface area contributed by atoms with Crippen LogP contribution in [0.5, 0.6) is 0 Å². The molecule has 25 heavy (non-hydrogen) atoms. The van der Waals surface area contributed by atoms with Gasteiger partial charge in [-0.3, -0.25) is 9.59 Å². The molecule has 2 aromatic carbocycles. The molecule has 1 aliphatic rings. The monoisotopic (exact) mass is 399 g/mol. The van der Waals surface area contributed by atoms with E-state index < -0.39 is 11.1 Å². The standard InChI is InChI=1S/C19H18BrN3O2/c20-15-9-16-17(23-19(25)18(24)22-16)14-8-12(6-7-13(14)15)21-10-11-4-2-1-3-5-11/h1-5,9,12,21H,6-8,10H2,(H,22,24)(H,23,25). The molecule has 128 valence electrons. The van der Waals surface area contributed by atoms with Crippen molar-refractivity contribution in [2.75, 3.05) is 0 Å². The van der Waals surface area contributed by atoms with Gasteiger partial charge in [0.2, 0.25) is 0 Å². The van der Waals surface area contributed by atoms with Crippen LogP contribution in [0.15, 0.2) is 50.5 Å². The maximum absolute atomic E-state index is 11.8. The van der Waals surface area contributed by atoms with Gasteiger partial charge in [0, 0.05) is 17.1 Å². The second-order valence-corrected chi connectivity index (χ2v) is 7.31. The lowest BCUT2D eigenvalue weighted by molar-refractivity contribution is 0.458. The lowest BCUT2D eigenvalue weighted by Gasteiger charge is -2.27. The third kappa shape index (κ3) is 3.19. The minimum Gasteiger partial charge on any atom is -0.316 e. The fourth-order valence-electron chi connectivity index (χ4n) is 3.53. The van der Waals surface area contributed by atoms with Gasteiger partial charge in [0.1, 0.15) is 0 Å². The SMILES string of the molecule is O=c1[nH]c2cc(Br)c3c(c2[nH]c1=O)CC(NCc1ccccc1)CC3. The van der Waals surface area contributed by atoms with Gasteiger partial charge >= 0.3 is 11.1 Å². The zero-order valence-corrected chi connectivity index (χ0v) is 15.2. The van der Waals surface area contributed by atoms with E-state index in [1.54, 1.807) is 0 Å². The van der Waals surface area contributed by atoms with Gasteiger partial charge in [0.05, 0.1) is 11.0 Å². The van der Waals surface area contributed by atoms with E-state index in [0.29, 0.717) is 11.6 Å². The Morgan fingerprint density at radius 1 is 1.08 bits per heavy atom. The van der Waals surface area contributed by atoms with Crippen molar-refractivity contribution in [3.05, 3.63) is 78.3 Å². The summed E-state index contributed by atoms with van der Waals surface area (Å²) in [7, 11) is 0. The molecule has 0 spiro atoms. The molecule has 0 radical (unpaired) electrons. The van der Waals surface area contributed by atoms with Crippen LogP contribution in [0.25, 0.3) is 11.0 Å². The molecule has 4 rings (SSSR count). The Morgan fingerprint density at radius 3 is 2.64 bits per heavy atom. The Balaban J connectivity index is 1.66. The molecule has 6 heteroatoms. The summed E-state index contributed by atoms with van der Waals surface area (Å²) in [4.78, 5) is 28.8. The van der Waals surface area contributed by atoms with Crippen LogP contribution in [-0.4, -0.2) is 16.0 Å². The van der Waals surface area contributed by atoms with Gasteiger partial charge in [-0.2, -0.15) is 0 Å². The van der Waals surface area contributed by atoms with Gasteiger partial charge in [-0.15, -0.1) is 0 Å². The summed E-state index contributed by atoms with van der Waals surface area (Å²) >= 11 is 3.61. The van der Waals surface area contributed by atoms with E-state index in [-0.39, 0.29) is 0 Å². The Morgan fingerprint density at radius 2 is 1.84 bits per heavy atom. The van der Waals surface area contributed by atoms with E-state index in [4.69, 9.17) is 0 Å². The van der Waals surface area contributed by atoms with Crippen molar-refractivity contribution in [1.29, 1.82) is 0 Å². The van der Waals surface area contributed by atoms with Crippen molar-refractivity contribution in [2.45, 2.75) is 31.8 Å². The van der Waals surface area contributed by atoms with Crippen molar-refractivity contribution in [2.24, 2.45) is 0 Å². The summed E-state index contributed by atoms with van der Waals surface area (Å²) in [6.07, 6.45) is 2.79. The number of aromatic nitrogens is 2. The highest BCUT2D eigenvalue weighted by Crippen LogP contribution is 2.32. The lowest BCUT2D eigenvalue weighted by Crippen LogP contribution is -2.35. The largest absolute Gasteiger partial charge is 0.316 e. The second kappa shape index (κ2) is 6.61. The van der Waals surface area contributed by atoms with Crippen molar-refractivity contribution in [1.82, 2.24) is 15.3 Å². The van der Waals surface area contributed by atoms with Gasteiger partial charge in [0.15, 0.2) is 0 Å². The highest BCUT2D eigenvalue weighted by atomic mass is 79.9. The van der Waals surface area contributed by atoms with E-state index >= 15 is 0 Å². The molecule has 0 aliphatic heterocycles. The summed E-state index contributed by atoms with van der Waals surface area (Å²) in [6, 6.07) is 12.5. The average molecular weight is 400 g/mol. The number of benzene rings is 2. The van der Waals surface area contributed by atoms with Crippen LogP contribution >= 0.6 is 15.9 Å². The van der Waals surface area contributed by atoms with Gasteiger partial charge in [-0.25, -0.2) is 0 Å². The minimum atomic E-state index is -0.617. The molecular weight excluding hydrogens is 382 g/mol. The highest BCUT2D eigenvalue weighted by Gasteiger charge is 2.23. The van der Waals surface area contributed by atoms with Gasteiger partial charge in [0.25, 0.3) is 0 Å². The molecule has 0 amide bonds. The van der Waals surface area contributed by atoms with Crippen molar-refractivity contribution >= 4 is 27.0 Å². The molecular formula is C19H18BrN3O2. The van der Waals surface area contributed by atoms with Crippen LogP contribution in [-0.2, 0) is 19.4 Å². The van der Waals surface area contributed by atoms with Crippen LogP contribution in [0.3, 0.4) is 0 Å². The maximum Gasteiger partial charge on any atom is 0.314 e. The van der Waals surface area contributed by atoms with Crippen molar-refractivity contribution in [3.8, 4) is 0 Å². The third-order valence-electron chi connectivity index (χ3n) is 4.82. The predicted molar refractivity (Wildman–Crippen MR) is 102 cm³/mol. The van der Waals surface area contributed by atoms with Crippen LogP contribution < -0.4 is 16.4 Å². The highest BCUT2D eigenvalue weighted by molar-refractivity contribution is 9.10. The number of rotatable bonds is 3. The van der Waals surface area contributed by atoms with Crippen LogP contribution in [0.2, 0.25) is 0 Å². The number of hydrogen-bond donors (Lipinski definition) is 3. The number of aromatic amines is 2. The van der Waals surface area contributed by atoms with E-state index in [0.717, 1.165) is 41.4 Å². The molecule has 1 aromatic heterocycles. The molecule has 0 saturated carbocycles. The summed E-state index contributed by atoms with van der Waals surface area (Å²) in [6.45, 7) is 0.820.